The molecule has 3 nitrogen and oxygen atoms in total. The first-order valence-corrected chi connectivity index (χ1v) is 6.59. The quantitative estimate of drug-likeness (QED) is 0.937. The number of aromatic nitrogens is 2. The zero-order valence-corrected chi connectivity index (χ0v) is 12.1. The van der Waals surface area contributed by atoms with Gasteiger partial charge in [-0.25, -0.2) is 8.78 Å². The van der Waals surface area contributed by atoms with E-state index in [4.69, 9.17) is 0 Å². The smallest absolute Gasteiger partial charge is 0.132 e. The van der Waals surface area contributed by atoms with E-state index in [1.54, 1.807) is 4.68 Å². The van der Waals surface area contributed by atoms with E-state index in [1.807, 2.05) is 6.92 Å². The number of hydrogen-bond acceptors (Lipinski definition) is 2. The first kappa shape index (κ1) is 14.1. The topological polar surface area (TPSA) is 38.0 Å². The van der Waals surface area contributed by atoms with Gasteiger partial charge < -0.3 is 5.11 Å². The average molecular weight is 331 g/mol. The predicted molar refractivity (Wildman–Crippen MR) is 70.8 cm³/mol. The maximum absolute atomic E-state index is 13.8. The van der Waals surface area contributed by atoms with Crippen molar-refractivity contribution >= 4 is 15.9 Å². The van der Waals surface area contributed by atoms with E-state index in [0.29, 0.717) is 16.7 Å². The van der Waals surface area contributed by atoms with Crippen LogP contribution < -0.4 is 0 Å². The molecular weight excluding hydrogens is 318 g/mol. The highest BCUT2D eigenvalue weighted by Gasteiger charge is 2.23. The molecule has 2 aromatic rings. The SMILES string of the molecule is CCn1ncc(Br)c1C(O)c1cc(C)c(F)cc1F. The van der Waals surface area contributed by atoms with Crippen LogP contribution in [0.1, 0.15) is 29.8 Å². The third-order valence-corrected chi connectivity index (χ3v) is 3.58. The highest BCUT2D eigenvalue weighted by Crippen LogP contribution is 2.31. The summed E-state index contributed by atoms with van der Waals surface area (Å²) in [5.74, 6) is -1.40. The van der Waals surface area contributed by atoms with Crippen LogP contribution in [0.2, 0.25) is 0 Å². The van der Waals surface area contributed by atoms with Crippen molar-refractivity contribution in [1.29, 1.82) is 0 Å². The summed E-state index contributed by atoms with van der Waals surface area (Å²) in [4.78, 5) is 0. The molecule has 6 heteroatoms. The fourth-order valence-corrected chi connectivity index (χ4v) is 2.45. The number of rotatable bonds is 3. The second-order valence-corrected chi connectivity index (χ2v) is 5.07. The van der Waals surface area contributed by atoms with Crippen LogP contribution in [0.4, 0.5) is 8.78 Å². The van der Waals surface area contributed by atoms with Gasteiger partial charge in [0.2, 0.25) is 0 Å². The van der Waals surface area contributed by atoms with Crippen molar-refractivity contribution in [3.63, 3.8) is 0 Å². The monoisotopic (exact) mass is 330 g/mol. The summed E-state index contributed by atoms with van der Waals surface area (Å²) in [5, 5.41) is 14.4. The van der Waals surface area contributed by atoms with E-state index in [1.165, 1.54) is 19.2 Å². The third kappa shape index (κ3) is 2.55. The van der Waals surface area contributed by atoms with Gasteiger partial charge in [0, 0.05) is 18.2 Å². The first-order chi connectivity index (χ1) is 8.95. The summed E-state index contributed by atoms with van der Waals surface area (Å²) in [6, 6.07) is 2.10. The highest BCUT2D eigenvalue weighted by atomic mass is 79.9. The number of halogens is 3. The van der Waals surface area contributed by atoms with Crippen LogP contribution in [0.5, 0.6) is 0 Å². The summed E-state index contributed by atoms with van der Waals surface area (Å²) in [5.41, 5.74) is 0.774. The Morgan fingerprint density at radius 3 is 2.68 bits per heavy atom. The number of aryl methyl sites for hydroxylation is 2. The van der Waals surface area contributed by atoms with Gasteiger partial charge in [-0.05, 0) is 41.4 Å². The van der Waals surface area contributed by atoms with Gasteiger partial charge in [-0.3, -0.25) is 4.68 Å². The summed E-state index contributed by atoms with van der Waals surface area (Å²) in [6.45, 7) is 3.93. The third-order valence-electron chi connectivity index (χ3n) is 2.96. The number of hydrogen-bond donors (Lipinski definition) is 1. The average Bonchev–Trinajstić information content (AvgIpc) is 2.74. The zero-order valence-electron chi connectivity index (χ0n) is 10.5. The molecule has 19 heavy (non-hydrogen) atoms. The first-order valence-electron chi connectivity index (χ1n) is 5.80. The van der Waals surface area contributed by atoms with Gasteiger partial charge in [0.25, 0.3) is 0 Å². The van der Waals surface area contributed by atoms with Crippen molar-refractivity contribution in [1.82, 2.24) is 9.78 Å². The van der Waals surface area contributed by atoms with Crippen LogP contribution in [0.15, 0.2) is 22.8 Å². The van der Waals surface area contributed by atoms with Crippen molar-refractivity contribution in [3.8, 4) is 0 Å². The van der Waals surface area contributed by atoms with Gasteiger partial charge in [0.1, 0.15) is 17.7 Å². The van der Waals surface area contributed by atoms with Gasteiger partial charge in [0.05, 0.1) is 16.4 Å². The molecule has 0 fully saturated rings. The number of nitrogens with zero attached hydrogens (tertiary/aromatic N) is 2. The Kier molecular flexibility index (Phi) is 4.01. The van der Waals surface area contributed by atoms with Crippen LogP contribution in [0.25, 0.3) is 0 Å². The maximum Gasteiger partial charge on any atom is 0.132 e. The predicted octanol–water partition coefficient (Wildman–Crippen LogP) is 3.33. The standard InChI is InChI=1S/C13H13BrF2N2O/c1-3-18-12(9(14)6-17-18)13(19)8-4-7(2)10(15)5-11(8)16/h4-6,13,19H,3H2,1-2H3. The Bertz CT molecular complexity index is 613. The Morgan fingerprint density at radius 2 is 2.05 bits per heavy atom. The van der Waals surface area contributed by atoms with Gasteiger partial charge in [0.15, 0.2) is 0 Å². The van der Waals surface area contributed by atoms with E-state index in [0.717, 1.165) is 6.07 Å². The molecule has 1 N–H and O–H groups in total. The normalized spacial score (nSPS) is 12.7. The minimum absolute atomic E-state index is 0.0369. The number of aliphatic hydroxyl groups is 1. The number of aliphatic hydroxyl groups excluding tert-OH is 1. The highest BCUT2D eigenvalue weighted by molar-refractivity contribution is 9.10. The van der Waals surface area contributed by atoms with Crippen LogP contribution in [0.3, 0.4) is 0 Å². The molecule has 0 spiro atoms. The Morgan fingerprint density at radius 1 is 1.37 bits per heavy atom. The van der Waals surface area contributed by atoms with Gasteiger partial charge in [-0.2, -0.15) is 5.10 Å². The van der Waals surface area contributed by atoms with Crippen molar-refractivity contribution in [3.05, 3.63) is 51.3 Å². The molecule has 102 valence electrons. The minimum atomic E-state index is -1.20. The van der Waals surface area contributed by atoms with E-state index in [2.05, 4.69) is 21.0 Å². The summed E-state index contributed by atoms with van der Waals surface area (Å²) >= 11 is 3.27. The molecule has 1 heterocycles. The van der Waals surface area contributed by atoms with Gasteiger partial charge >= 0.3 is 0 Å². The molecule has 0 bridgehead atoms. The zero-order chi connectivity index (χ0) is 14.2. The summed E-state index contributed by atoms with van der Waals surface area (Å²) in [6.07, 6.45) is 0.340. The van der Waals surface area contributed by atoms with Gasteiger partial charge in [-0.15, -0.1) is 0 Å². The Balaban J connectivity index is 2.52. The lowest BCUT2D eigenvalue weighted by Crippen LogP contribution is -2.11. The maximum atomic E-state index is 13.8. The molecule has 0 aliphatic carbocycles. The lowest BCUT2D eigenvalue weighted by molar-refractivity contribution is 0.202. The van der Waals surface area contributed by atoms with Crippen molar-refractivity contribution in [2.75, 3.05) is 0 Å². The molecule has 1 unspecified atom stereocenters. The van der Waals surface area contributed by atoms with Crippen LogP contribution in [0, 0.1) is 18.6 Å². The second kappa shape index (κ2) is 5.38. The number of benzene rings is 1. The lowest BCUT2D eigenvalue weighted by Gasteiger charge is -2.15. The van der Waals surface area contributed by atoms with E-state index < -0.39 is 17.7 Å². The molecule has 0 aliphatic heterocycles. The Labute approximate surface area is 118 Å². The van der Waals surface area contributed by atoms with E-state index >= 15 is 0 Å². The Hall–Kier alpha value is -1.27. The molecular formula is C13H13BrF2N2O. The molecule has 0 saturated carbocycles. The van der Waals surface area contributed by atoms with Crippen molar-refractivity contribution in [2.45, 2.75) is 26.5 Å². The molecule has 0 amide bonds. The fraction of sp³-hybridized carbons (Fsp3) is 0.308. The largest absolute Gasteiger partial charge is 0.382 e. The second-order valence-electron chi connectivity index (χ2n) is 4.22. The molecule has 1 aromatic carbocycles. The summed E-state index contributed by atoms with van der Waals surface area (Å²) < 4.78 is 29.2. The van der Waals surface area contributed by atoms with Crippen molar-refractivity contribution in [2.24, 2.45) is 0 Å². The van der Waals surface area contributed by atoms with Crippen molar-refractivity contribution < 1.29 is 13.9 Å². The van der Waals surface area contributed by atoms with Gasteiger partial charge in [-0.1, -0.05) is 0 Å². The molecule has 0 saturated heterocycles. The minimum Gasteiger partial charge on any atom is -0.382 e. The molecule has 2 rings (SSSR count). The van der Waals surface area contributed by atoms with Crippen LogP contribution in [-0.2, 0) is 6.54 Å². The van der Waals surface area contributed by atoms with E-state index in [-0.39, 0.29) is 11.1 Å². The molecule has 0 radical (unpaired) electrons. The molecule has 1 atom stereocenters. The molecule has 1 aromatic heterocycles. The van der Waals surface area contributed by atoms with E-state index in [9.17, 15) is 13.9 Å². The fourth-order valence-electron chi connectivity index (χ4n) is 1.93. The van der Waals surface area contributed by atoms with Crippen LogP contribution >= 0.6 is 15.9 Å². The van der Waals surface area contributed by atoms with Crippen LogP contribution in [-0.4, -0.2) is 14.9 Å². The summed E-state index contributed by atoms with van der Waals surface area (Å²) in [7, 11) is 0. The lowest BCUT2D eigenvalue weighted by atomic mass is 10.0. The molecule has 0 aliphatic rings.